The number of nitrogens with one attached hydrogen (secondary N) is 1. The van der Waals surface area contributed by atoms with E-state index in [0.717, 1.165) is 10.7 Å². The number of hydrogen-bond acceptors (Lipinski definition) is 5. The van der Waals surface area contributed by atoms with Crippen molar-refractivity contribution in [1.29, 1.82) is 0 Å². The molecule has 0 atom stereocenters. The van der Waals surface area contributed by atoms with E-state index in [2.05, 4.69) is 5.32 Å². The Morgan fingerprint density at radius 1 is 1.07 bits per heavy atom. The van der Waals surface area contributed by atoms with E-state index >= 15 is 0 Å². The van der Waals surface area contributed by atoms with Gasteiger partial charge in [-0.05, 0) is 29.8 Å². The predicted octanol–water partition coefficient (Wildman–Crippen LogP) is 2.03. The van der Waals surface area contributed by atoms with Gasteiger partial charge in [-0.25, -0.2) is 12.7 Å². The fourth-order valence-corrected chi connectivity index (χ4v) is 3.80. The maximum absolute atomic E-state index is 12.5. The summed E-state index contributed by atoms with van der Waals surface area (Å²) in [6, 6.07) is 11.6. The van der Waals surface area contributed by atoms with Crippen molar-refractivity contribution in [2.24, 2.45) is 0 Å². The average Bonchev–Trinajstić information content (AvgIpc) is 2.90. The second kappa shape index (κ2) is 7.98. The van der Waals surface area contributed by atoms with E-state index in [4.69, 9.17) is 9.47 Å². The van der Waals surface area contributed by atoms with E-state index in [1.807, 2.05) is 0 Å². The first kappa shape index (κ1) is 19.2. The molecule has 8 heteroatoms. The molecular formula is C19H22N2O5S. The summed E-state index contributed by atoms with van der Waals surface area (Å²) in [6.07, 6.45) is 0.785. The van der Waals surface area contributed by atoms with Crippen molar-refractivity contribution in [3.63, 3.8) is 0 Å². The topological polar surface area (TPSA) is 84.9 Å². The van der Waals surface area contributed by atoms with Gasteiger partial charge < -0.3 is 14.8 Å². The minimum absolute atomic E-state index is 0.0938. The van der Waals surface area contributed by atoms with Crippen LogP contribution in [-0.2, 0) is 16.6 Å². The minimum atomic E-state index is -3.59. The van der Waals surface area contributed by atoms with Gasteiger partial charge in [0.1, 0.15) is 0 Å². The number of sulfonamides is 1. The second-order valence-corrected chi connectivity index (χ2v) is 8.41. The molecule has 0 fully saturated rings. The predicted molar refractivity (Wildman–Crippen MR) is 101 cm³/mol. The van der Waals surface area contributed by atoms with Crippen LogP contribution in [0.4, 0.5) is 0 Å². The third-order valence-electron chi connectivity index (χ3n) is 4.18. The van der Waals surface area contributed by atoms with Crippen LogP contribution in [0.2, 0.25) is 0 Å². The van der Waals surface area contributed by atoms with Crippen LogP contribution in [-0.4, -0.2) is 45.9 Å². The molecule has 0 saturated heterocycles. The number of benzene rings is 2. The van der Waals surface area contributed by atoms with Gasteiger partial charge in [0.05, 0.1) is 18.1 Å². The van der Waals surface area contributed by atoms with Crippen molar-refractivity contribution in [1.82, 2.24) is 9.62 Å². The van der Waals surface area contributed by atoms with Crippen LogP contribution in [0.25, 0.3) is 0 Å². The summed E-state index contributed by atoms with van der Waals surface area (Å²) in [7, 11) is -0.641. The molecule has 0 aromatic heterocycles. The number of ether oxygens (including phenoxy) is 2. The molecule has 1 amide bonds. The molecule has 27 heavy (non-hydrogen) atoms. The van der Waals surface area contributed by atoms with Crippen LogP contribution in [0.5, 0.6) is 11.5 Å². The maximum atomic E-state index is 12.5. The van der Waals surface area contributed by atoms with Gasteiger partial charge in [-0.1, -0.05) is 18.2 Å². The zero-order valence-electron chi connectivity index (χ0n) is 15.3. The molecule has 1 aliphatic rings. The molecule has 0 spiro atoms. The highest BCUT2D eigenvalue weighted by atomic mass is 32.2. The number of carbonyl (C=O) groups is 1. The van der Waals surface area contributed by atoms with Crippen molar-refractivity contribution in [2.75, 3.05) is 27.3 Å². The molecule has 1 N–H and O–H groups in total. The molecule has 7 nitrogen and oxygen atoms in total. The van der Waals surface area contributed by atoms with Gasteiger partial charge in [0, 0.05) is 32.6 Å². The third kappa shape index (κ3) is 4.23. The Hall–Kier alpha value is -2.58. The monoisotopic (exact) mass is 390 g/mol. The summed E-state index contributed by atoms with van der Waals surface area (Å²) in [5.74, 6) is 0.838. The van der Waals surface area contributed by atoms with E-state index in [9.17, 15) is 13.2 Å². The molecular weight excluding hydrogens is 368 g/mol. The van der Waals surface area contributed by atoms with Crippen molar-refractivity contribution >= 4 is 15.9 Å². The smallest absolute Gasteiger partial charge is 0.251 e. The van der Waals surface area contributed by atoms with Crippen LogP contribution in [0.15, 0.2) is 47.4 Å². The van der Waals surface area contributed by atoms with Crippen molar-refractivity contribution in [3.8, 4) is 11.5 Å². The molecule has 0 aliphatic carbocycles. The molecule has 0 saturated carbocycles. The number of rotatable bonds is 5. The van der Waals surface area contributed by atoms with Gasteiger partial charge >= 0.3 is 0 Å². The van der Waals surface area contributed by atoms with Crippen LogP contribution < -0.4 is 14.8 Å². The second-order valence-electron chi connectivity index (χ2n) is 6.29. The lowest BCUT2D eigenvalue weighted by Crippen LogP contribution is -2.27. The quantitative estimate of drug-likeness (QED) is 0.844. The Morgan fingerprint density at radius 2 is 1.78 bits per heavy atom. The largest absolute Gasteiger partial charge is 0.490 e. The van der Waals surface area contributed by atoms with E-state index in [1.54, 1.807) is 36.4 Å². The third-order valence-corrected chi connectivity index (χ3v) is 6.10. The fraction of sp³-hybridized carbons (Fsp3) is 0.316. The molecule has 144 valence electrons. The zero-order chi connectivity index (χ0) is 19.4. The molecule has 2 aromatic rings. The molecule has 0 bridgehead atoms. The van der Waals surface area contributed by atoms with Gasteiger partial charge in [0.2, 0.25) is 10.0 Å². The summed E-state index contributed by atoms with van der Waals surface area (Å²) >= 11 is 0. The summed E-state index contributed by atoms with van der Waals surface area (Å²) in [5.41, 5.74) is 0.945. The fourth-order valence-electron chi connectivity index (χ4n) is 2.68. The summed E-state index contributed by atoms with van der Waals surface area (Å²) < 4.78 is 37.2. The van der Waals surface area contributed by atoms with E-state index in [0.29, 0.717) is 35.8 Å². The van der Waals surface area contributed by atoms with Crippen LogP contribution in [0.3, 0.4) is 0 Å². The lowest BCUT2D eigenvalue weighted by molar-refractivity contribution is 0.0950. The van der Waals surface area contributed by atoms with E-state index < -0.39 is 10.0 Å². The molecule has 0 unspecified atom stereocenters. The Morgan fingerprint density at radius 3 is 2.52 bits per heavy atom. The highest BCUT2D eigenvalue weighted by Crippen LogP contribution is 2.30. The number of amides is 1. The first-order chi connectivity index (χ1) is 12.9. The van der Waals surface area contributed by atoms with Crippen molar-refractivity contribution in [3.05, 3.63) is 53.6 Å². The van der Waals surface area contributed by atoms with Gasteiger partial charge in [0.15, 0.2) is 11.5 Å². The SMILES string of the molecule is CN(C)S(=O)(=O)c1ccccc1CNC(=O)c1ccc2c(c1)OCCCO2. The summed E-state index contributed by atoms with van der Waals surface area (Å²) in [5, 5.41) is 2.77. The van der Waals surface area contributed by atoms with Crippen molar-refractivity contribution in [2.45, 2.75) is 17.9 Å². The van der Waals surface area contributed by atoms with E-state index in [-0.39, 0.29) is 17.3 Å². The highest BCUT2D eigenvalue weighted by molar-refractivity contribution is 7.89. The average molecular weight is 390 g/mol. The van der Waals surface area contributed by atoms with Crippen LogP contribution in [0.1, 0.15) is 22.3 Å². The molecule has 1 aliphatic heterocycles. The Kier molecular flexibility index (Phi) is 5.67. The number of carbonyl (C=O) groups excluding carboxylic acids is 1. The van der Waals surface area contributed by atoms with Gasteiger partial charge in [-0.15, -0.1) is 0 Å². The molecule has 1 heterocycles. The highest BCUT2D eigenvalue weighted by Gasteiger charge is 2.21. The number of hydrogen-bond donors (Lipinski definition) is 1. The molecule has 2 aromatic carbocycles. The number of fused-ring (bicyclic) bond motifs is 1. The lowest BCUT2D eigenvalue weighted by atomic mass is 10.1. The minimum Gasteiger partial charge on any atom is -0.490 e. The standard InChI is InChI=1S/C19H22N2O5S/c1-21(2)27(23,24)18-7-4-3-6-15(18)13-20-19(22)14-8-9-16-17(12-14)26-11-5-10-25-16/h3-4,6-9,12H,5,10-11,13H2,1-2H3,(H,20,22). The van der Waals surface area contributed by atoms with Crippen LogP contribution >= 0.6 is 0 Å². The molecule has 3 rings (SSSR count). The molecule has 0 radical (unpaired) electrons. The lowest BCUT2D eigenvalue weighted by Gasteiger charge is -2.15. The van der Waals surface area contributed by atoms with Gasteiger partial charge in [-0.2, -0.15) is 0 Å². The normalized spacial score (nSPS) is 13.9. The number of nitrogens with zero attached hydrogens (tertiary/aromatic N) is 1. The van der Waals surface area contributed by atoms with Gasteiger partial charge in [-0.3, -0.25) is 4.79 Å². The Bertz CT molecular complexity index is 941. The Labute approximate surface area is 158 Å². The van der Waals surface area contributed by atoms with Crippen molar-refractivity contribution < 1.29 is 22.7 Å². The van der Waals surface area contributed by atoms with Gasteiger partial charge in [0.25, 0.3) is 5.91 Å². The Balaban J connectivity index is 1.76. The first-order valence-electron chi connectivity index (χ1n) is 8.58. The maximum Gasteiger partial charge on any atom is 0.251 e. The zero-order valence-corrected chi connectivity index (χ0v) is 16.1. The first-order valence-corrected chi connectivity index (χ1v) is 10.0. The summed E-state index contributed by atoms with van der Waals surface area (Å²) in [4.78, 5) is 12.7. The van der Waals surface area contributed by atoms with Crippen LogP contribution in [0, 0.1) is 0 Å². The van der Waals surface area contributed by atoms with E-state index in [1.165, 1.54) is 20.2 Å². The summed E-state index contributed by atoms with van der Waals surface area (Å²) in [6.45, 7) is 1.21.